The maximum Gasteiger partial charge on any atom is 0.472 e. The number of hydrogen-bond donors (Lipinski definition) is 6. The van der Waals surface area contributed by atoms with E-state index in [1.165, 1.54) is 19.3 Å². The van der Waals surface area contributed by atoms with Crippen molar-refractivity contribution in [2.75, 3.05) is 13.2 Å². The van der Waals surface area contributed by atoms with Crippen molar-refractivity contribution in [1.82, 2.24) is 0 Å². The molecule has 1 rings (SSSR count). The minimum atomic E-state index is -5.12. The van der Waals surface area contributed by atoms with Crippen molar-refractivity contribution in [3.63, 3.8) is 0 Å². The van der Waals surface area contributed by atoms with E-state index in [2.05, 4.69) is 62.5 Å². The van der Waals surface area contributed by atoms with Crippen LogP contribution in [-0.2, 0) is 32.7 Å². The molecule has 0 aromatic carbocycles. The predicted molar refractivity (Wildman–Crippen MR) is 216 cm³/mol. The second-order valence-electron chi connectivity index (χ2n) is 14.5. The van der Waals surface area contributed by atoms with E-state index in [-0.39, 0.29) is 12.8 Å². The highest BCUT2D eigenvalue weighted by Crippen LogP contribution is 2.47. The van der Waals surface area contributed by atoms with Crippen molar-refractivity contribution in [3.05, 3.63) is 48.6 Å². The lowest BCUT2D eigenvalue weighted by Gasteiger charge is -2.41. The van der Waals surface area contributed by atoms with E-state index in [9.17, 15) is 44.6 Å². The standard InChI is InChI=1S/C42H73O13P/c1-3-5-7-9-11-13-15-17-18-19-21-23-25-27-29-31-36(44)54-34(32-52-35(43)30-28-26-24-22-20-16-14-12-10-8-6-4-2)33-53-56(50,51)55-42-40(48)38(46)37(45)39(47)41(42)49/h5,7,11-14,17-18,34,37-42,45-49H,3-4,6,8-10,15-16,19-33H2,1-2H3,(H,50,51)/b7-5-,13-11-,14-12-,18-17-/t34-,37?,38-,39?,40?,41?,42?/m1/s1. The summed E-state index contributed by atoms with van der Waals surface area (Å²) in [5, 5.41) is 50.0. The molecule has 1 fully saturated rings. The van der Waals surface area contributed by atoms with Crippen LogP contribution in [0.4, 0.5) is 0 Å². The smallest absolute Gasteiger partial charge is 0.462 e. The third-order valence-corrected chi connectivity index (χ3v) is 10.4. The minimum Gasteiger partial charge on any atom is -0.462 e. The summed E-state index contributed by atoms with van der Waals surface area (Å²) in [5.41, 5.74) is 0. The second kappa shape index (κ2) is 32.7. The molecule has 1 aliphatic carbocycles. The number of aliphatic hydroxyl groups is 5. The lowest BCUT2D eigenvalue weighted by Crippen LogP contribution is -2.64. The number of carbonyl (C=O) groups excluding carboxylic acids is 2. The zero-order valence-electron chi connectivity index (χ0n) is 33.9. The van der Waals surface area contributed by atoms with Crippen LogP contribution >= 0.6 is 7.82 Å². The summed E-state index contributed by atoms with van der Waals surface area (Å²) in [6, 6.07) is 0. The topological polar surface area (TPSA) is 210 Å². The molecular weight excluding hydrogens is 743 g/mol. The maximum atomic E-state index is 12.8. The van der Waals surface area contributed by atoms with Crippen LogP contribution in [0.3, 0.4) is 0 Å². The molecule has 1 saturated carbocycles. The number of allylic oxidation sites excluding steroid dienone is 8. The van der Waals surface area contributed by atoms with E-state index >= 15 is 0 Å². The monoisotopic (exact) mass is 816 g/mol. The number of rotatable bonds is 33. The molecule has 14 heteroatoms. The first-order valence-corrected chi connectivity index (χ1v) is 22.4. The van der Waals surface area contributed by atoms with Crippen molar-refractivity contribution >= 4 is 19.8 Å². The van der Waals surface area contributed by atoms with Crippen LogP contribution in [0.15, 0.2) is 48.6 Å². The van der Waals surface area contributed by atoms with Gasteiger partial charge in [-0.15, -0.1) is 0 Å². The molecule has 0 saturated heterocycles. The Kier molecular flexibility index (Phi) is 30.3. The van der Waals surface area contributed by atoms with Gasteiger partial charge in [0.15, 0.2) is 6.10 Å². The van der Waals surface area contributed by atoms with Crippen molar-refractivity contribution in [1.29, 1.82) is 0 Å². The fraction of sp³-hybridized carbons (Fsp3) is 0.762. The molecule has 0 radical (unpaired) electrons. The van der Waals surface area contributed by atoms with E-state index in [1.54, 1.807) is 0 Å². The van der Waals surface area contributed by atoms with Crippen LogP contribution in [0, 0.1) is 0 Å². The number of hydrogen-bond acceptors (Lipinski definition) is 12. The third-order valence-electron chi connectivity index (χ3n) is 9.40. The SMILES string of the molecule is CC/C=C\C/C=C\C/C=C\CCCCCCCC(=O)O[C@H](COC(=O)CCCCCCC/C=C\CCCCC)COP(=O)(O)OC1C(O)C(O)C(O)[C@@H](O)C1O. The Labute approximate surface area is 335 Å². The average molecular weight is 817 g/mol. The number of phosphoric ester groups is 1. The normalized spacial score (nSPS) is 23.4. The summed E-state index contributed by atoms with van der Waals surface area (Å²) in [6.45, 7) is 3.11. The molecule has 6 unspecified atom stereocenters. The molecule has 56 heavy (non-hydrogen) atoms. The lowest BCUT2D eigenvalue weighted by atomic mass is 9.85. The van der Waals surface area contributed by atoms with Gasteiger partial charge in [0.05, 0.1) is 6.61 Å². The first-order valence-electron chi connectivity index (χ1n) is 20.9. The van der Waals surface area contributed by atoms with E-state index in [0.29, 0.717) is 12.8 Å². The number of phosphoric acid groups is 1. The second-order valence-corrected chi connectivity index (χ2v) is 15.9. The molecule has 8 atom stereocenters. The Morgan fingerprint density at radius 2 is 1.02 bits per heavy atom. The Hall–Kier alpha value is -2.19. The predicted octanol–water partition coefficient (Wildman–Crippen LogP) is 7.22. The highest BCUT2D eigenvalue weighted by molar-refractivity contribution is 7.47. The third kappa shape index (κ3) is 25.2. The van der Waals surface area contributed by atoms with Gasteiger partial charge >= 0.3 is 19.8 Å². The van der Waals surface area contributed by atoms with Gasteiger partial charge in [-0.25, -0.2) is 4.57 Å². The summed E-state index contributed by atoms with van der Waals surface area (Å²) in [6.07, 6.45) is 23.2. The average Bonchev–Trinajstić information content (AvgIpc) is 3.18. The molecule has 0 spiro atoms. The van der Waals surface area contributed by atoms with Gasteiger partial charge in [0.1, 0.15) is 43.2 Å². The van der Waals surface area contributed by atoms with Crippen molar-refractivity contribution < 1.29 is 63.1 Å². The van der Waals surface area contributed by atoms with Gasteiger partial charge in [0, 0.05) is 12.8 Å². The summed E-state index contributed by atoms with van der Waals surface area (Å²) in [5.74, 6) is -1.13. The zero-order chi connectivity index (χ0) is 41.4. The first kappa shape index (κ1) is 51.8. The summed E-state index contributed by atoms with van der Waals surface area (Å²) in [7, 11) is -5.12. The zero-order valence-corrected chi connectivity index (χ0v) is 34.8. The molecule has 0 aliphatic heterocycles. The van der Waals surface area contributed by atoms with Crippen molar-refractivity contribution in [3.8, 4) is 0 Å². The van der Waals surface area contributed by atoms with Gasteiger partial charge < -0.3 is 39.9 Å². The fourth-order valence-corrected chi connectivity index (χ4v) is 6.97. The van der Waals surface area contributed by atoms with Gasteiger partial charge in [0.25, 0.3) is 0 Å². The van der Waals surface area contributed by atoms with Gasteiger partial charge in [0.2, 0.25) is 0 Å². The first-order chi connectivity index (χ1) is 26.9. The molecule has 6 N–H and O–H groups in total. The van der Waals surface area contributed by atoms with Crippen LogP contribution in [0.5, 0.6) is 0 Å². The summed E-state index contributed by atoms with van der Waals surface area (Å²) < 4.78 is 33.4. The molecule has 0 heterocycles. The largest absolute Gasteiger partial charge is 0.472 e. The quantitative estimate of drug-likeness (QED) is 0.0168. The highest BCUT2D eigenvalue weighted by atomic mass is 31.2. The molecule has 0 amide bonds. The van der Waals surface area contributed by atoms with Gasteiger partial charge in [-0.3, -0.25) is 18.6 Å². The van der Waals surface area contributed by atoms with Crippen LogP contribution in [0.1, 0.15) is 149 Å². The molecule has 0 bridgehead atoms. The van der Waals surface area contributed by atoms with Gasteiger partial charge in [-0.2, -0.15) is 0 Å². The summed E-state index contributed by atoms with van der Waals surface area (Å²) >= 11 is 0. The van der Waals surface area contributed by atoms with Crippen LogP contribution in [-0.4, -0.2) is 98.3 Å². The van der Waals surface area contributed by atoms with Gasteiger partial charge in [-0.05, 0) is 70.6 Å². The van der Waals surface area contributed by atoms with E-state index in [1.807, 2.05) is 0 Å². The molecular formula is C42H73O13P. The minimum absolute atomic E-state index is 0.0740. The summed E-state index contributed by atoms with van der Waals surface area (Å²) in [4.78, 5) is 35.5. The molecule has 324 valence electrons. The molecule has 0 aromatic rings. The van der Waals surface area contributed by atoms with Crippen LogP contribution in [0.2, 0.25) is 0 Å². The molecule has 0 aromatic heterocycles. The van der Waals surface area contributed by atoms with E-state index in [0.717, 1.165) is 89.9 Å². The highest BCUT2D eigenvalue weighted by Gasteiger charge is 2.51. The van der Waals surface area contributed by atoms with Gasteiger partial charge in [-0.1, -0.05) is 114 Å². The fourth-order valence-electron chi connectivity index (χ4n) is 6.00. The number of esters is 2. The number of unbranched alkanes of at least 4 members (excludes halogenated alkanes) is 13. The van der Waals surface area contributed by atoms with Crippen molar-refractivity contribution in [2.24, 2.45) is 0 Å². The van der Waals surface area contributed by atoms with Crippen LogP contribution < -0.4 is 0 Å². The van der Waals surface area contributed by atoms with E-state index < -0.39 is 75.7 Å². The number of carbonyl (C=O) groups is 2. The Bertz CT molecular complexity index is 1170. The molecule has 1 aliphatic rings. The Morgan fingerprint density at radius 3 is 1.57 bits per heavy atom. The Morgan fingerprint density at radius 1 is 0.571 bits per heavy atom. The number of ether oxygens (including phenoxy) is 2. The lowest BCUT2D eigenvalue weighted by molar-refractivity contribution is -0.220. The molecule has 13 nitrogen and oxygen atoms in total. The maximum absolute atomic E-state index is 12.8. The number of aliphatic hydroxyl groups excluding tert-OH is 5. The Balaban J connectivity index is 2.53. The van der Waals surface area contributed by atoms with E-state index in [4.69, 9.17) is 18.5 Å². The van der Waals surface area contributed by atoms with Crippen LogP contribution in [0.25, 0.3) is 0 Å². The van der Waals surface area contributed by atoms with Crippen molar-refractivity contribution in [2.45, 2.75) is 191 Å².